The highest BCUT2D eigenvalue weighted by atomic mass is 16.7. The summed E-state index contributed by atoms with van der Waals surface area (Å²) in [7, 11) is 1.66. The molecule has 0 fully saturated rings. The van der Waals surface area contributed by atoms with E-state index < -0.39 is 0 Å². The maximum absolute atomic E-state index is 5.54. The zero-order chi connectivity index (χ0) is 16.9. The maximum Gasteiger partial charge on any atom is 0.231 e. The molecule has 1 atom stereocenters. The Bertz CT molecular complexity index is 676. The van der Waals surface area contributed by atoms with Crippen LogP contribution in [-0.4, -0.2) is 29.8 Å². The predicted molar refractivity (Wildman–Crippen MR) is 92.4 cm³/mol. The van der Waals surface area contributed by atoms with Crippen LogP contribution in [0, 0.1) is 0 Å². The Kier molecular flexibility index (Phi) is 5.20. The Balaban J connectivity index is 1.82. The van der Waals surface area contributed by atoms with Crippen molar-refractivity contribution >= 4 is 0 Å². The molecule has 2 aromatic rings. The van der Waals surface area contributed by atoms with Gasteiger partial charge in [0.15, 0.2) is 11.5 Å². The molecular weight excluding hydrogens is 304 g/mol. The van der Waals surface area contributed by atoms with Gasteiger partial charge in [-0.15, -0.1) is 0 Å². The highest BCUT2D eigenvalue weighted by molar-refractivity contribution is 5.55. The van der Waals surface area contributed by atoms with Gasteiger partial charge < -0.3 is 14.2 Å². The zero-order valence-corrected chi connectivity index (χ0v) is 14.5. The van der Waals surface area contributed by atoms with Crippen LogP contribution in [0.2, 0.25) is 0 Å². The van der Waals surface area contributed by atoms with Crippen molar-refractivity contribution in [2.75, 3.05) is 13.9 Å². The SMILES string of the molecule is CC[C@H](C)N(Cc1ccncc1)Cc1cc(OC)c2c(c1)OCO2. The second-order valence-electron chi connectivity index (χ2n) is 6.05. The minimum Gasteiger partial charge on any atom is -0.493 e. The third kappa shape index (κ3) is 3.62. The summed E-state index contributed by atoms with van der Waals surface area (Å²) in [5.74, 6) is 2.19. The minimum absolute atomic E-state index is 0.251. The van der Waals surface area contributed by atoms with Crippen LogP contribution < -0.4 is 14.2 Å². The van der Waals surface area contributed by atoms with Crippen molar-refractivity contribution in [1.82, 2.24) is 9.88 Å². The van der Waals surface area contributed by atoms with Crippen molar-refractivity contribution < 1.29 is 14.2 Å². The van der Waals surface area contributed by atoms with Gasteiger partial charge >= 0.3 is 0 Å². The molecular formula is C19H24N2O3. The molecule has 0 bridgehead atoms. The molecule has 1 aliphatic rings. The van der Waals surface area contributed by atoms with E-state index in [0.717, 1.165) is 36.6 Å². The van der Waals surface area contributed by atoms with Crippen molar-refractivity contribution in [3.05, 3.63) is 47.8 Å². The normalized spacial score (nSPS) is 14.0. The third-order valence-electron chi connectivity index (χ3n) is 4.45. The van der Waals surface area contributed by atoms with Gasteiger partial charge in [-0.3, -0.25) is 9.88 Å². The number of ether oxygens (including phenoxy) is 3. The molecule has 5 nitrogen and oxygen atoms in total. The second-order valence-corrected chi connectivity index (χ2v) is 6.05. The van der Waals surface area contributed by atoms with Crippen molar-refractivity contribution in [2.45, 2.75) is 39.4 Å². The lowest BCUT2D eigenvalue weighted by Crippen LogP contribution is -2.31. The molecule has 128 valence electrons. The Hall–Kier alpha value is -2.27. The largest absolute Gasteiger partial charge is 0.493 e. The fourth-order valence-corrected chi connectivity index (χ4v) is 2.86. The van der Waals surface area contributed by atoms with Gasteiger partial charge in [0.25, 0.3) is 0 Å². The Labute approximate surface area is 143 Å². The summed E-state index contributed by atoms with van der Waals surface area (Å²) in [5.41, 5.74) is 2.42. The molecule has 0 radical (unpaired) electrons. The van der Waals surface area contributed by atoms with Crippen molar-refractivity contribution in [3.8, 4) is 17.2 Å². The van der Waals surface area contributed by atoms with Gasteiger partial charge in [-0.2, -0.15) is 0 Å². The van der Waals surface area contributed by atoms with E-state index in [2.05, 4.69) is 35.9 Å². The van der Waals surface area contributed by atoms with Gasteiger partial charge in [0.05, 0.1) is 7.11 Å². The fourth-order valence-electron chi connectivity index (χ4n) is 2.86. The van der Waals surface area contributed by atoms with E-state index in [4.69, 9.17) is 14.2 Å². The highest BCUT2D eigenvalue weighted by Gasteiger charge is 2.22. The van der Waals surface area contributed by atoms with E-state index in [1.165, 1.54) is 5.56 Å². The number of hydrogen-bond donors (Lipinski definition) is 0. The van der Waals surface area contributed by atoms with Crippen LogP contribution in [0.15, 0.2) is 36.7 Å². The van der Waals surface area contributed by atoms with Gasteiger partial charge in [0.2, 0.25) is 12.5 Å². The molecule has 24 heavy (non-hydrogen) atoms. The summed E-state index contributed by atoms with van der Waals surface area (Å²) in [5, 5.41) is 0. The lowest BCUT2D eigenvalue weighted by molar-refractivity contribution is 0.171. The molecule has 0 spiro atoms. The Morgan fingerprint density at radius 1 is 1.17 bits per heavy atom. The molecule has 1 aliphatic heterocycles. The number of nitrogens with zero attached hydrogens (tertiary/aromatic N) is 2. The number of hydrogen-bond acceptors (Lipinski definition) is 5. The molecule has 1 aromatic heterocycles. The number of pyridine rings is 1. The fraction of sp³-hybridized carbons (Fsp3) is 0.421. The average molecular weight is 328 g/mol. The average Bonchev–Trinajstić information content (AvgIpc) is 3.09. The highest BCUT2D eigenvalue weighted by Crippen LogP contribution is 2.42. The first kappa shape index (κ1) is 16.6. The van der Waals surface area contributed by atoms with Crippen molar-refractivity contribution in [2.24, 2.45) is 0 Å². The Morgan fingerprint density at radius 2 is 1.92 bits per heavy atom. The number of methoxy groups -OCH3 is 1. The van der Waals surface area contributed by atoms with E-state index >= 15 is 0 Å². The van der Waals surface area contributed by atoms with E-state index in [0.29, 0.717) is 11.8 Å². The van der Waals surface area contributed by atoms with Gasteiger partial charge in [-0.05, 0) is 48.7 Å². The maximum atomic E-state index is 5.54. The molecule has 2 heterocycles. The smallest absolute Gasteiger partial charge is 0.231 e. The lowest BCUT2D eigenvalue weighted by atomic mass is 10.1. The number of aromatic nitrogens is 1. The van der Waals surface area contributed by atoms with Crippen molar-refractivity contribution in [1.29, 1.82) is 0 Å². The van der Waals surface area contributed by atoms with Crippen LogP contribution in [0.3, 0.4) is 0 Å². The first-order valence-corrected chi connectivity index (χ1v) is 8.30. The second kappa shape index (κ2) is 7.53. The van der Waals surface area contributed by atoms with Crippen molar-refractivity contribution in [3.63, 3.8) is 0 Å². The van der Waals surface area contributed by atoms with Crippen LogP contribution in [0.25, 0.3) is 0 Å². The lowest BCUT2D eigenvalue weighted by Gasteiger charge is -2.28. The summed E-state index contributed by atoms with van der Waals surface area (Å²) in [6.45, 7) is 6.43. The molecule has 0 N–H and O–H groups in total. The first-order valence-electron chi connectivity index (χ1n) is 8.30. The molecule has 0 aliphatic carbocycles. The summed E-state index contributed by atoms with van der Waals surface area (Å²) in [4.78, 5) is 6.55. The zero-order valence-electron chi connectivity index (χ0n) is 14.5. The van der Waals surface area contributed by atoms with Gasteiger partial charge in [-0.1, -0.05) is 6.92 Å². The van der Waals surface area contributed by atoms with Crippen LogP contribution in [0.5, 0.6) is 17.2 Å². The van der Waals surface area contributed by atoms with Crippen LogP contribution in [0.4, 0.5) is 0 Å². The number of benzene rings is 1. The number of rotatable bonds is 7. The predicted octanol–water partition coefficient (Wildman–Crippen LogP) is 3.62. The van der Waals surface area contributed by atoms with Gasteiger partial charge in [0.1, 0.15) is 0 Å². The summed E-state index contributed by atoms with van der Waals surface area (Å²) in [6.07, 6.45) is 4.77. The van der Waals surface area contributed by atoms with Crippen LogP contribution >= 0.6 is 0 Å². The van der Waals surface area contributed by atoms with E-state index in [9.17, 15) is 0 Å². The van der Waals surface area contributed by atoms with Crippen LogP contribution in [-0.2, 0) is 13.1 Å². The number of fused-ring (bicyclic) bond motifs is 1. The molecule has 0 amide bonds. The third-order valence-corrected chi connectivity index (χ3v) is 4.45. The summed E-state index contributed by atoms with van der Waals surface area (Å²) < 4.78 is 16.5. The van der Waals surface area contributed by atoms with Crippen LogP contribution in [0.1, 0.15) is 31.4 Å². The topological polar surface area (TPSA) is 43.8 Å². The van der Waals surface area contributed by atoms with Gasteiger partial charge in [-0.25, -0.2) is 0 Å². The first-order chi connectivity index (χ1) is 11.7. The molecule has 0 unspecified atom stereocenters. The molecule has 5 heteroatoms. The monoisotopic (exact) mass is 328 g/mol. The van der Waals surface area contributed by atoms with E-state index in [-0.39, 0.29) is 6.79 Å². The van der Waals surface area contributed by atoms with E-state index in [1.807, 2.05) is 24.5 Å². The van der Waals surface area contributed by atoms with E-state index in [1.54, 1.807) is 7.11 Å². The standard InChI is InChI=1S/C19H24N2O3/c1-4-14(2)21(11-15-5-7-20-8-6-15)12-16-9-17(22-3)19-18(10-16)23-13-24-19/h5-10,14H,4,11-13H2,1-3H3/t14-/m0/s1. The molecule has 0 saturated carbocycles. The summed E-state index contributed by atoms with van der Waals surface area (Å²) in [6, 6.07) is 8.68. The molecule has 0 saturated heterocycles. The molecule has 1 aromatic carbocycles. The quantitative estimate of drug-likeness (QED) is 0.777. The summed E-state index contributed by atoms with van der Waals surface area (Å²) >= 11 is 0. The molecule has 3 rings (SSSR count). The Morgan fingerprint density at radius 3 is 2.62 bits per heavy atom. The van der Waals surface area contributed by atoms with Gasteiger partial charge in [0, 0.05) is 31.5 Å². The minimum atomic E-state index is 0.251.